The molecule has 0 saturated carbocycles. The maximum atomic E-state index is 11.5. The first-order valence-corrected chi connectivity index (χ1v) is 8.28. The number of aromatic nitrogens is 1. The molecule has 17 heavy (non-hydrogen) atoms. The van der Waals surface area contributed by atoms with Crippen molar-refractivity contribution in [1.29, 1.82) is 0 Å². The van der Waals surface area contributed by atoms with E-state index in [1.807, 2.05) is 0 Å². The summed E-state index contributed by atoms with van der Waals surface area (Å²) in [6, 6.07) is 0.147. The molecular formula is C10H17N3O2S2. The van der Waals surface area contributed by atoms with Gasteiger partial charge in [-0.25, -0.2) is 13.4 Å². The lowest BCUT2D eigenvalue weighted by Gasteiger charge is -2.25. The fourth-order valence-electron chi connectivity index (χ4n) is 2.16. The summed E-state index contributed by atoms with van der Waals surface area (Å²) in [6.07, 6.45) is 2.51. The molecule has 0 radical (unpaired) electrons. The SMILES string of the molecule is CCN(Cc1cnc(N)s1)C1CCS(=O)(=O)C1. The minimum Gasteiger partial charge on any atom is -0.375 e. The van der Waals surface area contributed by atoms with Crippen LogP contribution in [0.15, 0.2) is 6.20 Å². The molecule has 2 N–H and O–H groups in total. The van der Waals surface area contributed by atoms with Gasteiger partial charge < -0.3 is 5.73 Å². The molecule has 1 unspecified atom stereocenters. The average Bonchev–Trinajstić information content (AvgIpc) is 2.81. The summed E-state index contributed by atoms with van der Waals surface area (Å²) in [5, 5.41) is 0.565. The lowest BCUT2D eigenvalue weighted by atomic mass is 10.2. The fourth-order valence-corrected chi connectivity index (χ4v) is 4.63. The second kappa shape index (κ2) is 4.91. The van der Waals surface area contributed by atoms with Crippen LogP contribution < -0.4 is 5.73 Å². The summed E-state index contributed by atoms with van der Waals surface area (Å²) in [5.41, 5.74) is 5.59. The molecule has 0 aliphatic carbocycles. The largest absolute Gasteiger partial charge is 0.375 e. The number of hydrogen-bond acceptors (Lipinski definition) is 6. The van der Waals surface area contributed by atoms with Crippen molar-refractivity contribution >= 4 is 26.3 Å². The smallest absolute Gasteiger partial charge is 0.180 e. The van der Waals surface area contributed by atoms with Crippen molar-refractivity contribution < 1.29 is 8.42 Å². The lowest BCUT2D eigenvalue weighted by molar-refractivity contribution is 0.216. The second-order valence-electron chi connectivity index (χ2n) is 4.28. The molecule has 1 fully saturated rings. The number of nitrogen functional groups attached to an aromatic ring is 1. The van der Waals surface area contributed by atoms with Gasteiger partial charge in [-0.15, -0.1) is 11.3 Å². The van der Waals surface area contributed by atoms with Gasteiger partial charge in [-0.05, 0) is 13.0 Å². The van der Waals surface area contributed by atoms with Crippen molar-refractivity contribution in [1.82, 2.24) is 9.88 Å². The minimum atomic E-state index is -2.82. The quantitative estimate of drug-likeness (QED) is 0.877. The summed E-state index contributed by atoms with van der Waals surface area (Å²) >= 11 is 1.47. The molecule has 1 aliphatic heterocycles. The highest BCUT2D eigenvalue weighted by molar-refractivity contribution is 7.91. The van der Waals surface area contributed by atoms with Gasteiger partial charge in [0, 0.05) is 23.7 Å². The molecule has 1 atom stereocenters. The Morgan fingerprint density at radius 3 is 2.88 bits per heavy atom. The molecule has 2 rings (SSSR count). The van der Waals surface area contributed by atoms with E-state index in [2.05, 4.69) is 16.8 Å². The Labute approximate surface area is 106 Å². The summed E-state index contributed by atoms with van der Waals surface area (Å²) in [4.78, 5) is 7.29. The lowest BCUT2D eigenvalue weighted by Crippen LogP contribution is -2.35. The molecule has 0 amide bonds. The maximum Gasteiger partial charge on any atom is 0.180 e. The maximum absolute atomic E-state index is 11.5. The van der Waals surface area contributed by atoms with E-state index in [4.69, 9.17) is 5.73 Å². The normalized spacial score (nSPS) is 23.3. The second-order valence-corrected chi connectivity index (χ2v) is 7.66. The standard InChI is InChI=1S/C10H17N3O2S2/c1-2-13(6-9-5-12-10(11)16-9)8-3-4-17(14,15)7-8/h5,8H,2-4,6-7H2,1H3,(H2,11,12). The van der Waals surface area contributed by atoms with E-state index in [1.54, 1.807) is 6.20 Å². The average molecular weight is 275 g/mol. The van der Waals surface area contributed by atoms with E-state index < -0.39 is 9.84 Å². The third-order valence-corrected chi connectivity index (χ3v) is 5.62. The van der Waals surface area contributed by atoms with Crippen LogP contribution in [0.5, 0.6) is 0 Å². The zero-order chi connectivity index (χ0) is 12.5. The third-order valence-electron chi connectivity index (χ3n) is 3.06. The van der Waals surface area contributed by atoms with E-state index in [0.717, 1.165) is 24.4 Å². The molecule has 1 aromatic heterocycles. The van der Waals surface area contributed by atoms with Crippen molar-refractivity contribution in [2.24, 2.45) is 0 Å². The van der Waals surface area contributed by atoms with Gasteiger partial charge in [-0.3, -0.25) is 4.90 Å². The van der Waals surface area contributed by atoms with Gasteiger partial charge in [0.1, 0.15) is 0 Å². The van der Waals surface area contributed by atoms with Crippen LogP contribution in [0.3, 0.4) is 0 Å². The highest BCUT2D eigenvalue weighted by Gasteiger charge is 2.31. The highest BCUT2D eigenvalue weighted by atomic mass is 32.2. The van der Waals surface area contributed by atoms with E-state index in [0.29, 0.717) is 10.9 Å². The molecule has 0 aromatic carbocycles. The topological polar surface area (TPSA) is 76.3 Å². The van der Waals surface area contributed by atoms with Crippen LogP contribution in [0.4, 0.5) is 5.13 Å². The van der Waals surface area contributed by atoms with Crippen LogP contribution in [-0.4, -0.2) is 42.4 Å². The Balaban J connectivity index is 2.02. The van der Waals surface area contributed by atoms with Crippen LogP contribution in [-0.2, 0) is 16.4 Å². The van der Waals surface area contributed by atoms with Crippen molar-refractivity contribution in [3.8, 4) is 0 Å². The number of hydrogen-bond donors (Lipinski definition) is 1. The number of sulfone groups is 1. The number of nitrogens with zero attached hydrogens (tertiary/aromatic N) is 2. The number of rotatable bonds is 4. The minimum absolute atomic E-state index is 0.147. The van der Waals surface area contributed by atoms with Gasteiger partial charge >= 0.3 is 0 Å². The van der Waals surface area contributed by atoms with Gasteiger partial charge in [0.25, 0.3) is 0 Å². The van der Waals surface area contributed by atoms with E-state index in [1.165, 1.54) is 11.3 Å². The molecule has 1 aliphatic rings. The molecule has 7 heteroatoms. The molecular weight excluding hydrogens is 258 g/mol. The number of nitrogens with two attached hydrogens (primary N) is 1. The zero-order valence-electron chi connectivity index (χ0n) is 9.80. The first-order chi connectivity index (χ1) is 8.00. The summed E-state index contributed by atoms with van der Waals surface area (Å²) in [7, 11) is -2.82. The summed E-state index contributed by atoms with van der Waals surface area (Å²) in [5.74, 6) is 0.605. The molecule has 2 heterocycles. The summed E-state index contributed by atoms with van der Waals surface area (Å²) < 4.78 is 22.9. The van der Waals surface area contributed by atoms with E-state index in [9.17, 15) is 8.42 Å². The Hall–Kier alpha value is -0.660. The Bertz CT molecular complexity index is 483. The molecule has 1 aromatic rings. The third kappa shape index (κ3) is 3.17. The van der Waals surface area contributed by atoms with E-state index >= 15 is 0 Å². The Kier molecular flexibility index (Phi) is 3.70. The van der Waals surface area contributed by atoms with Crippen molar-refractivity contribution in [3.63, 3.8) is 0 Å². The summed E-state index contributed by atoms with van der Waals surface area (Å²) in [6.45, 7) is 3.64. The Morgan fingerprint density at radius 1 is 1.65 bits per heavy atom. The predicted molar refractivity (Wildman–Crippen MR) is 69.7 cm³/mol. The van der Waals surface area contributed by atoms with Crippen LogP contribution in [0.1, 0.15) is 18.2 Å². The molecule has 96 valence electrons. The first-order valence-electron chi connectivity index (χ1n) is 5.65. The van der Waals surface area contributed by atoms with Crippen LogP contribution >= 0.6 is 11.3 Å². The van der Waals surface area contributed by atoms with Gasteiger partial charge in [0.2, 0.25) is 0 Å². The van der Waals surface area contributed by atoms with Crippen LogP contribution in [0.25, 0.3) is 0 Å². The molecule has 0 spiro atoms. The van der Waals surface area contributed by atoms with Gasteiger partial charge in [-0.1, -0.05) is 6.92 Å². The van der Waals surface area contributed by atoms with Gasteiger partial charge in [0.05, 0.1) is 11.5 Å². The predicted octanol–water partition coefficient (Wildman–Crippen LogP) is 0.734. The van der Waals surface area contributed by atoms with E-state index in [-0.39, 0.29) is 11.8 Å². The van der Waals surface area contributed by atoms with Crippen molar-refractivity contribution in [2.75, 3.05) is 23.8 Å². The number of thiazole rings is 1. The monoisotopic (exact) mass is 275 g/mol. The van der Waals surface area contributed by atoms with Crippen molar-refractivity contribution in [3.05, 3.63) is 11.1 Å². The van der Waals surface area contributed by atoms with Crippen molar-refractivity contribution in [2.45, 2.75) is 25.9 Å². The number of anilines is 1. The first kappa shape index (κ1) is 12.8. The van der Waals surface area contributed by atoms with Gasteiger partial charge in [0.15, 0.2) is 15.0 Å². The van der Waals surface area contributed by atoms with Gasteiger partial charge in [-0.2, -0.15) is 0 Å². The highest BCUT2D eigenvalue weighted by Crippen LogP contribution is 2.22. The molecule has 0 bridgehead atoms. The molecule has 1 saturated heterocycles. The fraction of sp³-hybridized carbons (Fsp3) is 0.700. The Morgan fingerprint density at radius 2 is 2.41 bits per heavy atom. The van der Waals surface area contributed by atoms with Crippen LogP contribution in [0.2, 0.25) is 0 Å². The molecule has 5 nitrogen and oxygen atoms in total. The van der Waals surface area contributed by atoms with Crippen LogP contribution in [0, 0.1) is 0 Å². The zero-order valence-corrected chi connectivity index (χ0v) is 11.4.